The Labute approximate surface area is 66.9 Å². The zero-order valence-electron chi connectivity index (χ0n) is 6.89. The minimum atomic E-state index is -0.739. The van der Waals surface area contributed by atoms with Gasteiger partial charge in [-0.15, -0.1) is 5.92 Å². The van der Waals surface area contributed by atoms with Crippen molar-refractivity contribution in [3.8, 4) is 11.8 Å². The summed E-state index contributed by atoms with van der Waals surface area (Å²) in [6, 6.07) is 0. The van der Waals surface area contributed by atoms with E-state index in [1.165, 1.54) is 0 Å². The van der Waals surface area contributed by atoms with Gasteiger partial charge in [-0.25, -0.2) is 4.79 Å². The van der Waals surface area contributed by atoms with Crippen LogP contribution in [0.25, 0.3) is 0 Å². The van der Waals surface area contributed by atoms with Gasteiger partial charge in [-0.1, -0.05) is 19.8 Å². The molecule has 3 heteroatoms. The Bertz CT molecular complexity index is 176. The average Bonchev–Trinajstić information content (AvgIpc) is 1.85. The second-order valence-corrected chi connectivity index (χ2v) is 2.39. The Balaban J connectivity index is 3.29. The summed E-state index contributed by atoms with van der Waals surface area (Å²) in [6.07, 6.45) is -0.183. The molecule has 2 N–H and O–H groups in total. The average molecular weight is 155 g/mol. The van der Waals surface area contributed by atoms with Crippen LogP contribution in [-0.4, -0.2) is 12.7 Å². The molecule has 0 fully saturated rings. The summed E-state index contributed by atoms with van der Waals surface area (Å²) < 4.78 is 4.46. The second kappa shape index (κ2) is 5.60. The highest BCUT2D eigenvalue weighted by molar-refractivity contribution is 5.64. The highest BCUT2D eigenvalue weighted by Gasteiger charge is 1.89. The number of ether oxygens (including phenoxy) is 1. The minimum Gasteiger partial charge on any atom is -0.449 e. The van der Waals surface area contributed by atoms with Crippen molar-refractivity contribution in [1.29, 1.82) is 0 Å². The fourth-order valence-electron chi connectivity index (χ4n) is 0.479. The first kappa shape index (κ1) is 9.83. The summed E-state index contributed by atoms with van der Waals surface area (Å²) >= 11 is 0. The molecule has 0 radical (unpaired) electrons. The molecular formula is C8H13NO2. The van der Waals surface area contributed by atoms with Gasteiger partial charge < -0.3 is 10.5 Å². The molecule has 11 heavy (non-hydrogen) atoms. The highest BCUT2D eigenvalue weighted by Crippen LogP contribution is 1.87. The first-order valence-electron chi connectivity index (χ1n) is 3.53. The first-order valence-corrected chi connectivity index (χ1v) is 3.53. The summed E-state index contributed by atoms with van der Waals surface area (Å²) in [5, 5.41) is 0. The standard InChI is InChI=1S/C8H13NO2/c1-7(2)5-3-4-6-11-8(9)10/h7H,4,6H2,1-2H3,(H2,9,10). The molecule has 0 spiro atoms. The van der Waals surface area contributed by atoms with E-state index in [4.69, 9.17) is 5.73 Å². The summed E-state index contributed by atoms with van der Waals surface area (Å²) in [6.45, 7) is 4.29. The van der Waals surface area contributed by atoms with Gasteiger partial charge in [-0.05, 0) is 0 Å². The smallest absolute Gasteiger partial charge is 0.404 e. The van der Waals surface area contributed by atoms with Crippen molar-refractivity contribution in [1.82, 2.24) is 0 Å². The number of rotatable bonds is 2. The van der Waals surface area contributed by atoms with Crippen LogP contribution in [0.5, 0.6) is 0 Å². The van der Waals surface area contributed by atoms with E-state index in [1.807, 2.05) is 13.8 Å². The maximum atomic E-state index is 10.0. The summed E-state index contributed by atoms with van der Waals surface area (Å²) in [5.41, 5.74) is 4.73. The molecule has 0 aromatic heterocycles. The normalized spacial score (nSPS) is 8.64. The van der Waals surface area contributed by atoms with Crippen molar-refractivity contribution >= 4 is 6.09 Å². The van der Waals surface area contributed by atoms with Gasteiger partial charge in [-0.3, -0.25) is 0 Å². The Morgan fingerprint density at radius 2 is 2.27 bits per heavy atom. The fraction of sp³-hybridized carbons (Fsp3) is 0.625. The van der Waals surface area contributed by atoms with Gasteiger partial charge in [0, 0.05) is 12.3 Å². The number of nitrogens with two attached hydrogens (primary N) is 1. The number of primary amides is 1. The lowest BCUT2D eigenvalue weighted by atomic mass is 10.2. The molecule has 0 atom stereocenters. The van der Waals surface area contributed by atoms with Crippen molar-refractivity contribution in [2.75, 3.05) is 6.61 Å². The predicted octanol–water partition coefficient (Wildman–Crippen LogP) is 1.13. The van der Waals surface area contributed by atoms with Crippen LogP contribution < -0.4 is 5.73 Å². The van der Waals surface area contributed by atoms with Gasteiger partial charge in [-0.2, -0.15) is 0 Å². The molecule has 62 valence electrons. The van der Waals surface area contributed by atoms with Crippen LogP contribution in [0.15, 0.2) is 0 Å². The number of carbonyl (C=O) groups is 1. The molecule has 0 heterocycles. The third-order valence-electron chi connectivity index (χ3n) is 0.862. The number of hydrogen-bond donors (Lipinski definition) is 1. The largest absolute Gasteiger partial charge is 0.449 e. The zero-order valence-corrected chi connectivity index (χ0v) is 6.89. The van der Waals surface area contributed by atoms with Crippen LogP contribution >= 0.6 is 0 Å². The molecule has 0 saturated heterocycles. The van der Waals surface area contributed by atoms with Crippen LogP contribution in [0.2, 0.25) is 0 Å². The van der Waals surface area contributed by atoms with Gasteiger partial charge in [0.1, 0.15) is 6.61 Å². The Kier molecular flexibility index (Phi) is 5.01. The lowest BCUT2D eigenvalue weighted by Crippen LogP contribution is -2.13. The topological polar surface area (TPSA) is 52.3 Å². The SMILES string of the molecule is CC(C)C#CCCOC(N)=O. The van der Waals surface area contributed by atoms with E-state index in [2.05, 4.69) is 16.6 Å². The summed E-state index contributed by atoms with van der Waals surface area (Å²) in [4.78, 5) is 10.0. The van der Waals surface area contributed by atoms with Gasteiger partial charge in [0.05, 0.1) is 0 Å². The first-order chi connectivity index (χ1) is 5.13. The number of amides is 1. The molecule has 0 rings (SSSR count). The van der Waals surface area contributed by atoms with E-state index in [1.54, 1.807) is 0 Å². The molecule has 0 aromatic carbocycles. The molecule has 0 aliphatic carbocycles. The van der Waals surface area contributed by atoms with Crippen LogP contribution in [-0.2, 0) is 4.74 Å². The minimum absolute atomic E-state index is 0.287. The molecule has 3 nitrogen and oxygen atoms in total. The van der Waals surface area contributed by atoms with E-state index >= 15 is 0 Å². The number of hydrogen-bond acceptors (Lipinski definition) is 2. The summed E-state index contributed by atoms with van der Waals surface area (Å²) in [5.74, 6) is 6.16. The zero-order chi connectivity index (χ0) is 8.69. The maximum Gasteiger partial charge on any atom is 0.404 e. The quantitative estimate of drug-likeness (QED) is 0.480. The van der Waals surface area contributed by atoms with Crippen LogP contribution in [0, 0.1) is 17.8 Å². The van der Waals surface area contributed by atoms with Gasteiger partial charge in [0.2, 0.25) is 0 Å². The molecule has 0 saturated carbocycles. The van der Waals surface area contributed by atoms with E-state index in [9.17, 15) is 4.79 Å². The van der Waals surface area contributed by atoms with Crippen molar-refractivity contribution in [2.45, 2.75) is 20.3 Å². The van der Waals surface area contributed by atoms with Gasteiger partial charge >= 0.3 is 6.09 Å². The van der Waals surface area contributed by atoms with E-state index in [0.717, 1.165) is 0 Å². The van der Waals surface area contributed by atoms with Crippen LogP contribution in [0.1, 0.15) is 20.3 Å². The molecule has 0 unspecified atom stereocenters. The Morgan fingerprint density at radius 3 is 2.73 bits per heavy atom. The molecule has 0 bridgehead atoms. The van der Waals surface area contributed by atoms with Crippen LogP contribution in [0.4, 0.5) is 4.79 Å². The molecule has 0 aliphatic heterocycles. The van der Waals surface area contributed by atoms with E-state index < -0.39 is 6.09 Å². The lowest BCUT2D eigenvalue weighted by molar-refractivity contribution is 0.159. The van der Waals surface area contributed by atoms with Crippen LogP contribution in [0.3, 0.4) is 0 Å². The monoisotopic (exact) mass is 155 g/mol. The third kappa shape index (κ3) is 8.83. The molecule has 1 amide bonds. The Morgan fingerprint density at radius 1 is 1.64 bits per heavy atom. The van der Waals surface area contributed by atoms with Crippen molar-refractivity contribution in [3.05, 3.63) is 0 Å². The highest BCUT2D eigenvalue weighted by atomic mass is 16.5. The van der Waals surface area contributed by atoms with Crippen molar-refractivity contribution in [2.24, 2.45) is 11.7 Å². The Hall–Kier alpha value is -1.17. The fourth-order valence-corrected chi connectivity index (χ4v) is 0.479. The van der Waals surface area contributed by atoms with E-state index in [-0.39, 0.29) is 6.61 Å². The predicted molar refractivity (Wildman–Crippen MR) is 42.8 cm³/mol. The van der Waals surface area contributed by atoms with Gasteiger partial charge in [0.25, 0.3) is 0 Å². The molecule has 0 aromatic rings. The number of carbonyl (C=O) groups excluding carboxylic acids is 1. The molecular weight excluding hydrogens is 142 g/mol. The third-order valence-corrected chi connectivity index (χ3v) is 0.862. The molecule has 0 aliphatic rings. The van der Waals surface area contributed by atoms with Crippen molar-refractivity contribution in [3.63, 3.8) is 0 Å². The second-order valence-electron chi connectivity index (χ2n) is 2.39. The maximum absolute atomic E-state index is 10.0. The van der Waals surface area contributed by atoms with Crippen molar-refractivity contribution < 1.29 is 9.53 Å². The lowest BCUT2D eigenvalue weighted by Gasteiger charge is -1.94. The summed E-state index contributed by atoms with van der Waals surface area (Å²) in [7, 11) is 0. The van der Waals surface area contributed by atoms with E-state index in [0.29, 0.717) is 12.3 Å². The van der Waals surface area contributed by atoms with Gasteiger partial charge in [0.15, 0.2) is 0 Å².